The summed E-state index contributed by atoms with van der Waals surface area (Å²) in [6.07, 6.45) is -3.23. The number of fused-ring (bicyclic) bond motifs is 1. The quantitative estimate of drug-likeness (QED) is 0.243. The molecule has 164 valence electrons. The van der Waals surface area contributed by atoms with E-state index >= 15 is 4.39 Å². The zero-order valence-corrected chi connectivity index (χ0v) is 17.4. The molecular formula is C21H12ClF5N4S. The number of rotatable bonds is 4. The molecule has 0 fully saturated rings. The number of nitrogens with zero attached hydrogens (tertiary/aromatic N) is 2. The van der Waals surface area contributed by atoms with Crippen molar-refractivity contribution in [2.24, 2.45) is 0 Å². The van der Waals surface area contributed by atoms with Gasteiger partial charge >= 0.3 is 6.18 Å². The highest BCUT2D eigenvalue weighted by atomic mass is 35.5. The Hall–Kier alpha value is -3.11. The van der Waals surface area contributed by atoms with Crippen molar-refractivity contribution >= 4 is 46.1 Å². The van der Waals surface area contributed by atoms with Crippen LogP contribution in [0.15, 0.2) is 59.6 Å². The minimum atomic E-state index is -4.65. The molecule has 1 aromatic heterocycles. The lowest BCUT2D eigenvalue weighted by atomic mass is 10.0. The minimum Gasteiger partial charge on any atom is -0.368 e. The van der Waals surface area contributed by atoms with Crippen LogP contribution in [0.25, 0.3) is 22.0 Å². The number of aromatic nitrogens is 2. The molecule has 0 saturated heterocycles. The number of hydrogen-bond acceptors (Lipinski definition) is 5. The fourth-order valence-corrected chi connectivity index (χ4v) is 3.99. The van der Waals surface area contributed by atoms with E-state index in [0.29, 0.717) is 22.9 Å². The van der Waals surface area contributed by atoms with E-state index in [4.69, 9.17) is 17.3 Å². The Balaban J connectivity index is 1.69. The van der Waals surface area contributed by atoms with Gasteiger partial charge in [0.05, 0.1) is 22.3 Å². The van der Waals surface area contributed by atoms with Gasteiger partial charge in [0.25, 0.3) is 0 Å². The van der Waals surface area contributed by atoms with Crippen molar-refractivity contribution < 1.29 is 22.0 Å². The first-order valence-electron chi connectivity index (χ1n) is 8.94. The second-order valence-electron chi connectivity index (χ2n) is 6.63. The molecule has 0 aliphatic carbocycles. The Labute approximate surface area is 187 Å². The zero-order chi connectivity index (χ0) is 23.0. The monoisotopic (exact) mass is 482 g/mol. The van der Waals surface area contributed by atoms with Gasteiger partial charge in [0.15, 0.2) is 5.82 Å². The molecule has 32 heavy (non-hydrogen) atoms. The predicted octanol–water partition coefficient (Wildman–Crippen LogP) is 6.95. The van der Waals surface area contributed by atoms with E-state index in [2.05, 4.69) is 14.7 Å². The van der Waals surface area contributed by atoms with Crippen LogP contribution in [0.3, 0.4) is 0 Å². The summed E-state index contributed by atoms with van der Waals surface area (Å²) in [6.45, 7) is 0. The summed E-state index contributed by atoms with van der Waals surface area (Å²) in [4.78, 5) is 7.68. The van der Waals surface area contributed by atoms with Crippen LogP contribution in [0, 0.1) is 11.6 Å². The first-order valence-corrected chi connectivity index (χ1v) is 10.1. The van der Waals surface area contributed by atoms with Gasteiger partial charge in [-0.3, -0.25) is 0 Å². The van der Waals surface area contributed by atoms with E-state index in [0.717, 1.165) is 18.2 Å². The number of hydrogen-bond donors (Lipinski definition) is 2. The molecule has 0 aliphatic rings. The van der Waals surface area contributed by atoms with Gasteiger partial charge in [-0.05, 0) is 60.0 Å². The molecule has 0 aliphatic heterocycles. The maximum atomic E-state index is 15.2. The number of nitrogens with two attached hydrogens (primary N) is 1. The number of nitrogen functional groups attached to an aromatic ring is 1. The molecule has 3 aromatic carbocycles. The van der Waals surface area contributed by atoms with Crippen LogP contribution in [0.2, 0.25) is 5.02 Å². The van der Waals surface area contributed by atoms with Crippen molar-refractivity contribution in [3.05, 3.63) is 76.9 Å². The SMILES string of the molecule is Nc1ncc2cc(-c3c(F)ccc(NSc4ccc(Cl)cc4C(F)(F)F)c3F)ccc2n1. The van der Waals surface area contributed by atoms with Crippen LogP contribution in [0.4, 0.5) is 33.6 Å². The first kappa shape index (κ1) is 22.1. The highest BCUT2D eigenvalue weighted by molar-refractivity contribution is 8.00. The van der Waals surface area contributed by atoms with Crippen LogP contribution < -0.4 is 10.5 Å². The summed E-state index contributed by atoms with van der Waals surface area (Å²) >= 11 is 6.21. The Kier molecular flexibility index (Phi) is 5.83. The molecule has 0 atom stereocenters. The molecule has 4 aromatic rings. The number of nitrogens with one attached hydrogen (secondary N) is 1. The largest absolute Gasteiger partial charge is 0.417 e. The summed E-state index contributed by atoms with van der Waals surface area (Å²) in [7, 11) is 0. The number of halogens is 6. The third-order valence-corrected chi connectivity index (χ3v) is 5.63. The van der Waals surface area contributed by atoms with Crippen molar-refractivity contribution in [1.82, 2.24) is 9.97 Å². The summed E-state index contributed by atoms with van der Waals surface area (Å²) < 4.78 is 72.1. The van der Waals surface area contributed by atoms with Gasteiger partial charge in [0.2, 0.25) is 5.95 Å². The van der Waals surface area contributed by atoms with E-state index in [1.165, 1.54) is 30.5 Å². The maximum Gasteiger partial charge on any atom is 0.417 e. The molecule has 0 spiro atoms. The van der Waals surface area contributed by atoms with Crippen molar-refractivity contribution in [1.29, 1.82) is 0 Å². The Morgan fingerprint density at radius 1 is 1.00 bits per heavy atom. The summed E-state index contributed by atoms with van der Waals surface area (Å²) in [6, 6.07) is 9.87. The molecule has 3 N–H and O–H groups in total. The van der Waals surface area contributed by atoms with E-state index in [1.54, 1.807) is 6.07 Å². The third-order valence-electron chi connectivity index (χ3n) is 4.50. The Morgan fingerprint density at radius 3 is 2.53 bits per heavy atom. The van der Waals surface area contributed by atoms with E-state index in [9.17, 15) is 17.6 Å². The van der Waals surface area contributed by atoms with Gasteiger partial charge in [-0.2, -0.15) is 13.2 Å². The van der Waals surface area contributed by atoms with E-state index < -0.39 is 23.4 Å². The van der Waals surface area contributed by atoms with Crippen LogP contribution in [0.1, 0.15) is 5.56 Å². The van der Waals surface area contributed by atoms with Crippen molar-refractivity contribution in [2.45, 2.75) is 11.1 Å². The topological polar surface area (TPSA) is 63.8 Å². The molecule has 0 amide bonds. The fraction of sp³-hybridized carbons (Fsp3) is 0.0476. The van der Waals surface area contributed by atoms with Gasteiger partial charge in [0, 0.05) is 21.5 Å². The number of anilines is 2. The lowest BCUT2D eigenvalue weighted by Gasteiger charge is -2.15. The number of alkyl halides is 3. The second-order valence-corrected chi connectivity index (χ2v) is 7.91. The highest BCUT2D eigenvalue weighted by Crippen LogP contribution is 2.39. The maximum absolute atomic E-state index is 15.2. The normalized spacial score (nSPS) is 11.7. The van der Waals surface area contributed by atoms with Crippen LogP contribution in [-0.4, -0.2) is 9.97 Å². The average molecular weight is 483 g/mol. The Morgan fingerprint density at radius 2 is 1.78 bits per heavy atom. The highest BCUT2D eigenvalue weighted by Gasteiger charge is 2.34. The lowest BCUT2D eigenvalue weighted by Crippen LogP contribution is -2.07. The molecule has 0 bridgehead atoms. The van der Waals surface area contributed by atoms with Crippen LogP contribution in [0.5, 0.6) is 0 Å². The molecule has 0 saturated carbocycles. The fourth-order valence-electron chi connectivity index (χ4n) is 3.02. The predicted molar refractivity (Wildman–Crippen MR) is 115 cm³/mol. The molecule has 0 unspecified atom stereocenters. The number of benzene rings is 3. The molecule has 4 nitrogen and oxygen atoms in total. The van der Waals surface area contributed by atoms with Gasteiger partial charge in [-0.25, -0.2) is 18.7 Å². The molecular weight excluding hydrogens is 471 g/mol. The zero-order valence-electron chi connectivity index (χ0n) is 15.8. The van der Waals surface area contributed by atoms with E-state index in [1.807, 2.05) is 0 Å². The summed E-state index contributed by atoms with van der Waals surface area (Å²) in [5.74, 6) is -1.74. The molecule has 4 rings (SSSR count). The van der Waals surface area contributed by atoms with Gasteiger partial charge < -0.3 is 10.5 Å². The van der Waals surface area contributed by atoms with Gasteiger partial charge in [-0.15, -0.1) is 0 Å². The van der Waals surface area contributed by atoms with E-state index in [-0.39, 0.29) is 32.7 Å². The summed E-state index contributed by atoms with van der Waals surface area (Å²) in [5, 5.41) is 0.429. The van der Waals surface area contributed by atoms with Crippen molar-refractivity contribution in [3.63, 3.8) is 0 Å². The molecule has 0 radical (unpaired) electrons. The molecule has 1 heterocycles. The molecule has 11 heteroatoms. The average Bonchev–Trinajstić information content (AvgIpc) is 2.73. The lowest BCUT2D eigenvalue weighted by molar-refractivity contribution is -0.139. The van der Waals surface area contributed by atoms with Gasteiger partial charge in [0.1, 0.15) is 5.82 Å². The van der Waals surface area contributed by atoms with Crippen molar-refractivity contribution in [3.8, 4) is 11.1 Å². The minimum absolute atomic E-state index is 0.0614. The second kappa shape index (κ2) is 8.44. The smallest absolute Gasteiger partial charge is 0.368 e. The summed E-state index contributed by atoms with van der Waals surface area (Å²) in [5.41, 5.74) is 4.73. The Bertz CT molecular complexity index is 1330. The third kappa shape index (κ3) is 4.42. The van der Waals surface area contributed by atoms with Crippen LogP contribution >= 0.6 is 23.5 Å². The standard InChI is InChI=1S/C21H12ClF5N4S/c22-12-2-6-17(13(8-12)21(25,26)27)32-31-16-5-3-14(23)18(19(16)24)10-1-4-15-11(7-10)9-29-20(28)30-15/h1-9,31H,(H2,28,29,30). The first-order chi connectivity index (χ1) is 15.1. The van der Waals surface area contributed by atoms with Crippen LogP contribution in [-0.2, 0) is 6.18 Å². The van der Waals surface area contributed by atoms with Crippen molar-refractivity contribution in [2.75, 3.05) is 10.5 Å². The van der Waals surface area contributed by atoms with Gasteiger partial charge in [-0.1, -0.05) is 17.7 Å².